The van der Waals surface area contributed by atoms with Gasteiger partial charge in [-0.2, -0.15) is 0 Å². The zero-order valence-electron chi connectivity index (χ0n) is 67.2. The number of aromatic nitrogens is 2. The van der Waals surface area contributed by atoms with Gasteiger partial charge in [0.1, 0.15) is 11.2 Å². The van der Waals surface area contributed by atoms with Crippen molar-refractivity contribution in [3.05, 3.63) is 319 Å². The Labute approximate surface area is 629 Å². The lowest BCUT2D eigenvalue weighted by Gasteiger charge is -2.45. The molecule has 0 saturated carbocycles. The molecule has 19 rings (SSSR count). The lowest BCUT2D eigenvalue weighted by Crippen LogP contribution is -2.61. The van der Waals surface area contributed by atoms with Crippen molar-refractivity contribution >= 4 is 123 Å². The molecule has 0 amide bonds. The SMILES string of the molecule is [2H]c1c([2H])c([2H])c(-c2ccc3c(c2)N(c2cc(-c4ccccc4)cc4c2c2ccccc2n4-c2ccccc2)c2cc(-c4cc(C(C)(C)C)cc(C(C)(C)C)c4)cc4c2B3c2ccc(-n3c5ccc(C(C)(C)C)cc5c5cc(C(C)(C)C)ccc53)cc2N4c2c(-c3ccccc3)ccc3oc4ccccc4c23)c([2H])c1[2H]. The summed E-state index contributed by atoms with van der Waals surface area (Å²) in [5, 5.41) is 6.43. The van der Waals surface area contributed by atoms with E-state index in [-0.39, 0.29) is 39.3 Å². The number of benzene rings is 14. The molecule has 0 N–H and O–H groups in total. The molecule has 5 heterocycles. The van der Waals surface area contributed by atoms with Crippen LogP contribution in [0.15, 0.2) is 302 Å². The third-order valence-electron chi connectivity index (χ3n) is 22.5. The maximum atomic E-state index is 9.74. The highest BCUT2D eigenvalue weighted by molar-refractivity contribution is 7.00. The Balaban J connectivity index is 1.03. The molecule has 2 aliphatic heterocycles. The Hall–Kier alpha value is -11.9. The first kappa shape index (κ1) is 59.5. The van der Waals surface area contributed by atoms with Gasteiger partial charge in [0.05, 0.1) is 45.7 Å². The van der Waals surface area contributed by atoms with Gasteiger partial charge in [0, 0.05) is 66.6 Å². The monoisotopic (exact) mass is 1370 g/mol. The maximum absolute atomic E-state index is 9.74. The van der Waals surface area contributed by atoms with Crippen LogP contribution in [0.2, 0.25) is 0 Å². The fraction of sp³-hybridized carbons (Fsp3) is 0.160. The summed E-state index contributed by atoms with van der Waals surface area (Å²) in [6, 6.07) is 96.5. The average Bonchev–Trinajstić information content (AvgIpc) is 1.50. The van der Waals surface area contributed by atoms with E-state index in [0.29, 0.717) is 5.56 Å². The molecule has 0 saturated heterocycles. The first-order valence-electron chi connectivity index (χ1n) is 39.7. The van der Waals surface area contributed by atoms with Crippen molar-refractivity contribution in [3.63, 3.8) is 0 Å². The summed E-state index contributed by atoms with van der Waals surface area (Å²) in [6.45, 7) is 27.2. The molecule has 0 unspecified atom stereocenters. The van der Waals surface area contributed by atoms with E-state index in [1.807, 2.05) is 6.07 Å². The van der Waals surface area contributed by atoms with Gasteiger partial charge < -0.3 is 23.4 Å². The normalized spacial score (nSPS) is 13.9. The quantitative estimate of drug-likeness (QED) is 0.142. The van der Waals surface area contributed by atoms with Gasteiger partial charge in [-0.3, -0.25) is 0 Å². The summed E-state index contributed by atoms with van der Waals surface area (Å²) < 4.78 is 58.8. The van der Waals surface area contributed by atoms with E-state index in [2.05, 4.69) is 363 Å². The molecular weight excluding hydrogens is 1280 g/mol. The minimum Gasteiger partial charge on any atom is -0.456 e. The van der Waals surface area contributed by atoms with Crippen molar-refractivity contribution in [2.24, 2.45) is 0 Å². The van der Waals surface area contributed by atoms with Gasteiger partial charge in [-0.15, -0.1) is 0 Å². The Bertz CT molecular complexity index is 6630. The van der Waals surface area contributed by atoms with Crippen molar-refractivity contribution < 1.29 is 11.3 Å². The van der Waals surface area contributed by atoms with E-state index < -0.39 is 24.8 Å². The Morgan fingerprint density at radius 3 is 1.45 bits per heavy atom. The predicted octanol–water partition coefficient (Wildman–Crippen LogP) is 25.7. The molecule has 0 radical (unpaired) electrons. The fourth-order valence-electron chi connectivity index (χ4n) is 17.0. The van der Waals surface area contributed by atoms with Crippen LogP contribution in [-0.4, -0.2) is 15.8 Å². The molecule has 17 aromatic rings. The molecule has 514 valence electrons. The summed E-state index contributed by atoms with van der Waals surface area (Å²) in [4.78, 5) is 5.09. The summed E-state index contributed by atoms with van der Waals surface area (Å²) in [5.41, 5.74) is 27.5. The molecule has 0 bridgehead atoms. The summed E-state index contributed by atoms with van der Waals surface area (Å²) in [6.07, 6.45) is 0. The predicted molar refractivity (Wildman–Crippen MR) is 453 cm³/mol. The summed E-state index contributed by atoms with van der Waals surface area (Å²) in [7, 11) is 0. The van der Waals surface area contributed by atoms with E-state index in [1.54, 1.807) is 0 Å². The fourth-order valence-corrected chi connectivity index (χ4v) is 17.0. The van der Waals surface area contributed by atoms with Gasteiger partial charge in [0.15, 0.2) is 0 Å². The minimum absolute atomic E-state index is 0.113. The standard InChI is InChI=1S/C100H85BN4O/c1-97(2,3)69-42-48-83-78(59-69)79-60-70(98(4,5)6)43-49-84(79)103(83)74-44-47-81-86(61-74)105(96-75(64-33-21-15-22-34-64)45-50-92-94(96)77-38-26-28-40-91(77)106-92)90-57-68(66-51-71(99(7,8)9)58-72(52-66)100(10,11)12)56-89-95(90)101(81)80-46-41-65(62-29-17-13-18-30-62)53-85(80)104(89)88-55-67(63-31-19-14-20-32-63)54-87-93(88)76-37-25-27-39-82(76)102(87)73-35-23-16-24-36-73/h13-61H,1-12H3/i13D,17D,18D,29D,30D. The van der Waals surface area contributed by atoms with Crippen LogP contribution in [0.5, 0.6) is 0 Å². The second-order valence-corrected chi connectivity index (χ2v) is 33.4. The van der Waals surface area contributed by atoms with Crippen LogP contribution in [0, 0.1) is 0 Å². The van der Waals surface area contributed by atoms with Crippen LogP contribution in [-0.2, 0) is 21.7 Å². The van der Waals surface area contributed by atoms with E-state index >= 15 is 0 Å². The number of para-hydroxylation sites is 3. The molecule has 3 aromatic heterocycles. The van der Waals surface area contributed by atoms with Gasteiger partial charge in [0.2, 0.25) is 0 Å². The van der Waals surface area contributed by atoms with E-state index in [9.17, 15) is 5.48 Å². The highest BCUT2D eigenvalue weighted by atomic mass is 16.3. The van der Waals surface area contributed by atoms with E-state index in [1.165, 1.54) is 33.0 Å². The number of furan rings is 1. The highest BCUT2D eigenvalue weighted by Crippen LogP contribution is 2.55. The Morgan fingerprint density at radius 2 is 0.811 bits per heavy atom. The van der Waals surface area contributed by atoms with Gasteiger partial charge in [-0.05, 0) is 202 Å². The molecule has 0 spiro atoms. The summed E-state index contributed by atoms with van der Waals surface area (Å²) in [5.74, 6) is 0. The number of hydrogen-bond acceptors (Lipinski definition) is 3. The van der Waals surface area contributed by atoms with Crippen molar-refractivity contribution in [2.75, 3.05) is 9.80 Å². The zero-order valence-corrected chi connectivity index (χ0v) is 62.2. The maximum Gasteiger partial charge on any atom is 0.252 e. The van der Waals surface area contributed by atoms with Crippen LogP contribution in [0.25, 0.3) is 121 Å². The zero-order chi connectivity index (χ0) is 76.8. The Morgan fingerprint density at radius 1 is 0.302 bits per heavy atom. The Kier molecular flexibility index (Phi) is 13.4. The number of hydrogen-bond donors (Lipinski definition) is 0. The lowest BCUT2D eigenvalue weighted by atomic mass is 9.33. The second kappa shape index (κ2) is 23.8. The first-order chi connectivity index (χ1) is 53.2. The van der Waals surface area contributed by atoms with Gasteiger partial charge in [0.25, 0.3) is 6.71 Å². The average molecular weight is 1370 g/mol. The third-order valence-corrected chi connectivity index (χ3v) is 22.5. The molecule has 6 heteroatoms. The second-order valence-electron chi connectivity index (χ2n) is 33.4. The topological polar surface area (TPSA) is 29.5 Å². The molecule has 0 aliphatic carbocycles. The molecule has 106 heavy (non-hydrogen) atoms. The van der Waals surface area contributed by atoms with Crippen LogP contribution in [0.4, 0.5) is 34.1 Å². The van der Waals surface area contributed by atoms with E-state index in [0.717, 1.165) is 150 Å². The number of fused-ring (bicyclic) bond motifs is 13. The number of nitrogens with zero attached hydrogens (tertiary/aromatic N) is 4. The highest BCUT2D eigenvalue weighted by Gasteiger charge is 2.46. The molecule has 14 aromatic carbocycles. The van der Waals surface area contributed by atoms with Crippen molar-refractivity contribution in [3.8, 4) is 55.9 Å². The molecule has 0 fully saturated rings. The minimum atomic E-state index is -0.475. The van der Waals surface area contributed by atoms with Crippen LogP contribution in [0.3, 0.4) is 0 Å². The summed E-state index contributed by atoms with van der Waals surface area (Å²) >= 11 is 0. The first-order valence-corrected chi connectivity index (χ1v) is 37.2. The number of rotatable bonds is 8. The molecule has 5 nitrogen and oxygen atoms in total. The third kappa shape index (κ3) is 10.4. The lowest BCUT2D eigenvalue weighted by molar-refractivity contribution is 0.569. The molecule has 2 aliphatic rings. The van der Waals surface area contributed by atoms with Crippen LogP contribution < -0.4 is 26.2 Å². The van der Waals surface area contributed by atoms with Gasteiger partial charge in [-0.1, -0.05) is 277 Å². The molecular formula is C100H85BN4O. The smallest absolute Gasteiger partial charge is 0.252 e. The van der Waals surface area contributed by atoms with Gasteiger partial charge >= 0.3 is 0 Å². The molecule has 0 atom stereocenters. The van der Waals surface area contributed by atoms with Crippen molar-refractivity contribution in [1.29, 1.82) is 0 Å². The van der Waals surface area contributed by atoms with Gasteiger partial charge in [-0.25, -0.2) is 0 Å². The van der Waals surface area contributed by atoms with Crippen LogP contribution >= 0.6 is 0 Å². The largest absolute Gasteiger partial charge is 0.456 e. The van der Waals surface area contributed by atoms with Crippen molar-refractivity contribution in [2.45, 2.75) is 105 Å². The van der Waals surface area contributed by atoms with Crippen molar-refractivity contribution in [1.82, 2.24) is 9.13 Å². The van der Waals surface area contributed by atoms with E-state index in [4.69, 9.17) is 5.79 Å². The van der Waals surface area contributed by atoms with Crippen LogP contribution in [0.1, 0.15) is 112 Å². The number of anilines is 6.